The minimum absolute atomic E-state index is 0.0578. The van der Waals surface area contributed by atoms with Crippen LogP contribution >= 0.6 is 0 Å². The van der Waals surface area contributed by atoms with Crippen molar-refractivity contribution < 1.29 is 14.3 Å². The standard InChI is InChI=1S/C21H22N4O4/c1-3-12-29-15-9-7-8-14(13-15)19(26)22-23-20(27)18-16-10-5-6-11-17(16)21(28)25(4-2)24-18/h5-11,13H,3-4,12H2,1-2H3,(H,22,26)(H,23,27). The van der Waals surface area contributed by atoms with Gasteiger partial charge in [0.1, 0.15) is 5.75 Å². The second kappa shape index (κ2) is 9.01. The summed E-state index contributed by atoms with van der Waals surface area (Å²) in [7, 11) is 0. The number of hydrogen-bond donors (Lipinski definition) is 2. The molecule has 8 nitrogen and oxygen atoms in total. The van der Waals surface area contributed by atoms with Gasteiger partial charge in [0.05, 0.1) is 12.0 Å². The Bertz CT molecular complexity index is 1110. The Balaban J connectivity index is 1.78. The van der Waals surface area contributed by atoms with E-state index in [1.165, 1.54) is 4.68 Å². The number of nitrogens with zero attached hydrogens (tertiary/aromatic N) is 2. The molecule has 3 rings (SSSR count). The van der Waals surface area contributed by atoms with E-state index in [2.05, 4.69) is 16.0 Å². The van der Waals surface area contributed by atoms with Crippen LogP contribution in [0.2, 0.25) is 0 Å². The average Bonchev–Trinajstić information content (AvgIpc) is 2.76. The Kier molecular flexibility index (Phi) is 6.23. The van der Waals surface area contributed by atoms with E-state index < -0.39 is 11.8 Å². The van der Waals surface area contributed by atoms with Gasteiger partial charge in [-0.2, -0.15) is 5.10 Å². The van der Waals surface area contributed by atoms with E-state index in [4.69, 9.17) is 4.74 Å². The molecule has 2 N–H and O–H groups in total. The first kappa shape index (κ1) is 20.1. The minimum Gasteiger partial charge on any atom is -0.494 e. The molecule has 1 aromatic heterocycles. The molecule has 8 heteroatoms. The SMILES string of the molecule is CCCOc1cccc(C(=O)NNC(=O)c2nn(CC)c(=O)c3ccccc23)c1. The molecule has 2 amide bonds. The number of ether oxygens (including phenoxy) is 1. The van der Waals surface area contributed by atoms with Crippen molar-refractivity contribution in [3.8, 4) is 5.75 Å². The maximum absolute atomic E-state index is 12.7. The zero-order chi connectivity index (χ0) is 20.8. The van der Waals surface area contributed by atoms with Crippen molar-refractivity contribution >= 4 is 22.6 Å². The summed E-state index contributed by atoms with van der Waals surface area (Å²) in [5.74, 6) is -0.530. The van der Waals surface area contributed by atoms with Gasteiger partial charge in [0.25, 0.3) is 17.4 Å². The highest BCUT2D eigenvalue weighted by atomic mass is 16.5. The zero-order valence-electron chi connectivity index (χ0n) is 16.3. The lowest BCUT2D eigenvalue weighted by Gasteiger charge is -2.11. The highest BCUT2D eigenvalue weighted by molar-refractivity contribution is 6.06. The van der Waals surface area contributed by atoms with Crippen molar-refractivity contribution in [1.82, 2.24) is 20.6 Å². The molecule has 0 saturated heterocycles. The van der Waals surface area contributed by atoms with Crippen LogP contribution in [0.15, 0.2) is 53.3 Å². The Labute approximate surface area is 167 Å². The predicted molar refractivity (Wildman–Crippen MR) is 109 cm³/mol. The fraction of sp³-hybridized carbons (Fsp3) is 0.238. The second-order valence-electron chi connectivity index (χ2n) is 6.30. The van der Waals surface area contributed by atoms with Crippen LogP contribution in [0, 0.1) is 0 Å². The smallest absolute Gasteiger partial charge is 0.290 e. The highest BCUT2D eigenvalue weighted by Crippen LogP contribution is 2.14. The van der Waals surface area contributed by atoms with E-state index in [0.29, 0.717) is 35.2 Å². The first-order chi connectivity index (χ1) is 14.0. The number of amides is 2. The summed E-state index contributed by atoms with van der Waals surface area (Å²) in [4.78, 5) is 37.4. The Morgan fingerprint density at radius 3 is 2.45 bits per heavy atom. The number of carbonyl (C=O) groups is 2. The molecule has 0 atom stereocenters. The summed E-state index contributed by atoms with van der Waals surface area (Å²) in [6, 6.07) is 13.4. The lowest BCUT2D eigenvalue weighted by molar-refractivity contribution is 0.0843. The third kappa shape index (κ3) is 4.43. The van der Waals surface area contributed by atoms with Crippen LogP contribution in [0.4, 0.5) is 0 Å². The summed E-state index contributed by atoms with van der Waals surface area (Å²) in [6.45, 7) is 4.63. The molecule has 0 bridgehead atoms. The molecule has 0 aliphatic carbocycles. The summed E-state index contributed by atoms with van der Waals surface area (Å²) in [5.41, 5.74) is 4.87. The van der Waals surface area contributed by atoms with E-state index in [-0.39, 0.29) is 11.3 Å². The van der Waals surface area contributed by atoms with Gasteiger partial charge in [0, 0.05) is 17.5 Å². The molecule has 29 heavy (non-hydrogen) atoms. The molecule has 0 spiro atoms. The molecule has 0 aliphatic rings. The number of aromatic nitrogens is 2. The molecule has 0 radical (unpaired) electrons. The molecule has 3 aromatic rings. The van der Waals surface area contributed by atoms with Gasteiger partial charge in [-0.3, -0.25) is 25.2 Å². The largest absolute Gasteiger partial charge is 0.494 e. The zero-order valence-corrected chi connectivity index (χ0v) is 16.3. The van der Waals surface area contributed by atoms with Gasteiger partial charge < -0.3 is 4.74 Å². The maximum atomic E-state index is 12.7. The topological polar surface area (TPSA) is 102 Å². The van der Waals surface area contributed by atoms with Crippen molar-refractivity contribution in [2.45, 2.75) is 26.8 Å². The molecule has 150 valence electrons. The molecule has 0 unspecified atom stereocenters. The molecule has 1 heterocycles. The summed E-state index contributed by atoms with van der Waals surface area (Å²) in [5, 5.41) is 4.95. The van der Waals surface area contributed by atoms with Gasteiger partial charge in [-0.1, -0.05) is 31.2 Å². The Hall–Kier alpha value is -3.68. The van der Waals surface area contributed by atoms with Gasteiger partial charge in [-0.05, 0) is 37.6 Å². The van der Waals surface area contributed by atoms with E-state index >= 15 is 0 Å². The van der Waals surface area contributed by atoms with Crippen molar-refractivity contribution in [2.24, 2.45) is 0 Å². The molecule has 2 aromatic carbocycles. The van der Waals surface area contributed by atoms with Crippen LogP contribution in [0.1, 0.15) is 41.1 Å². The van der Waals surface area contributed by atoms with Crippen LogP contribution in [0.3, 0.4) is 0 Å². The predicted octanol–water partition coefficient (Wildman–Crippen LogP) is 2.28. The number of fused-ring (bicyclic) bond motifs is 1. The van der Waals surface area contributed by atoms with Gasteiger partial charge in [0.15, 0.2) is 5.69 Å². The van der Waals surface area contributed by atoms with Crippen molar-refractivity contribution in [3.05, 3.63) is 70.1 Å². The highest BCUT2D eigenvalue weighted by Gasteiger charge is 2.17. The summed E-state index contributed by atoms with van der Waals surface area (Å²) >= 11 is 0. The van der Waals surface area contributed by atoms with Crippen molar-refractivity contribution in [1.29, 1.82) is 0 Å². The monoisotopic (exact) mass is 394 g/mol. The van der Waals surface area contributed by atoms with Crippen LogP contribution in [0.5, 0.6) is 5.75 Å². The average molecular weight is 394 g/mol. The number of nitrogens with one attached hydrogen (secondary N) is 2. The van der Waals surface area contributed by atoms with E-state index in [1.807, 2.05) is 6.92 Å². The maximum Gasteiger partial charge on any atom is 0.290 e. The molecular formula is C21H22N4O4. The number of aryl methyl sites for hydroxylation is 1. The first-order valence-corrected chi connectivity index (χ1v) is 9.38. The van der Waals surface area contributed by atoms with E-state index in [1.54, 1.807) is 55.5 Å². The summed E-state index contributed by atoms with van der Waals surface area (Å²) in [6.07, 6.45) is 0.855. The van der Waals surface area contributed by atoms with Crippen molar-refractivity contribution in [3.63, 3.8) is 0 Å². The van der Waals surface area contributed by atoms with Crippen LogP contribution in [-0.4, -0.2) is 28.2 Å². The molecule has 0 aliphatic heterocycles. The van der Waals surface area contributed by atoms with Crippen LogP contribution in [-0.2, 0) is 6.54 Å². The first-order valence-electron chi connectivity index (χ1n) is 9.38. The number of hydrogen-bond acceptors (Lipinski definition) is 5. The van der Waals surface area contributed by atoms with Gasteiger partial charge in [0.2, 0.25) is 0 Å². The summed E-state index contributed by atoms with van der Waals surface area (Å²) < 4.78 is 6.73. The number of carbonyl (C=O) groups excluding carboxylic acids is 2. The lowest BCUT2D eigenvalue weighted by Crippen LogP contribution is -2.42. The third-order valence-corrected chi connectivity index (χ3v) is 4.24. The van der Waals surface area contributed by atoms with Gasteiger partial charge in [-0.25, -0.2) is 4.68 Å². The van der Waals surface area contributed by atoms with Crippen LogP contribution in [0.25, 0.3) is 10.8 Å². The molecule has 0 saturated carbocycles. The van der Waals surface area contributed by atoms with Crippen LogP contribution < -0.4 is 21.1 Å². The quantitative estimate of drug-likeness (QED) is 0.625. The third-order valence-electron chi connectivity index (χ3n) is 4.24. The number of hydrazine groups is 1. The van der Waals surface area contributed by atoms with E-state index in [9.17, 15) is 14.4 Å². The van der Waals surface area contributed by atoms with Gasteiger partial charge >= 0.3 is 0 Å². The molecule has 0 fully saturated rings. The number of benzene rings is 2. The number of rotatable bonds is 6. The Morgan fingerprint density at radius 2 is 1.72 bits per heavy atom. The Morgan fingerprint density at radius 1 is 1.00 bits per heavy atom. The molecular weight excluding hydrogens is 372 g/mol. The fourth-order valence-electron chi connectivity index (χ4n) is 2.81. The fourth-order valence-corrected chi connectivity index (χ4v) is 2.81. The lowest BCUT2D eigenvalue weighted by atomic mass is 10.1. The van der Waals surface area contributed by atoms with E-state index in [0.717, 1.165) is 6.42 Å². The second-order valence-corrected chi connectivity index (χ2v) is 6.30. The minimum atomic E-state index is -0.616. The van der Waals surface area contributed by atoms with Crippen molar-refractivity contribution in [2.75, 3.05) is 6.61 Å². The normalized spacial score (nSPS) is 10.6. The van der Waals surface area contributed by atoms with Gasteiger partial charge in [-0.15, -0.1) is 0 Å².